The molecule has 4 aromatic rings. The summed E-state index contributed by atoms with van der Waals surface area (Å²) in [5.74, 6) is -0.109. The zero-order valence-electron chi connectivity index (χ0n) is 18.6. The van der Waals surface area contributed by atoms with Crippen LogP contribution in [-0.4, -0.2) is 74.1 Å². The first-order valence-electron chi connectivity index (χ1n) is 10.7. The van der Waals surface area contributed by atoms with Gasteiger partial charge >= 0.3 is 0 Å². The van der Waals surface area contributed by atoms with Crippen molar-refractivity contribution in [2.45, 2.75) is 11.8 Å². The van der Waals surface area contributed by atoms with E-state index in [4.69, 9.17) is 5.26 Å². The number of nitrogens with one attached hydrogen (secondary N) is 1. The van der Waals surface area contributed by atoms with E-state index in [2.05, 4.69) is 15.2 Å². The van der Waals surface area contributed by atoms with Crippen molar-refractivity contribution in [1.29, 1.82) is 5.26 Å². The van der Waals surface area contributed by atoms with E-state index < -0.39 is 10.0 Å². The molecule has 0 saturated carbocycles. The van der Waals surface area contributed by atoms with Crippen molar-refractivity contribution in [3.05, 3.63) is 76.0 Å². The molecule has 0 aliphatic carbocycles. The van der Waals surface area contributed by atoms with Crippen LogP contribution in [0.2, 0.25) is 0 Å². The summed E-state index contributed by atoms with van der Waals surface area (Å²) in [6.07, 6.45) is 3.06. The fraction of sp³-hybridized carbons (Fsp3) is 0.227. The predicted octanol–water partition coefficient (Wildman–Crippen LogP) is 0.535. The van der Waals surface area contributed by atoms with Gasteiger partial charge in [-0.15, -0.1) is 5.10 Å². The Labute approximate surface area is 199 Å². The molecule has 0 unspecified atom stereocenters. The van der Waals surface area contributed by atoms with Crippen molar-refractivity contribution in [2.75, 3.05) is 26.2 Å². The number of hydrogen-bond acceptors (Lipinski definition) is 7. The molecule has 1 aromatic carbocycles. The molecular formula is C22H20N8O4S. The molecule has 5 rings (SSSR count). The maximum absolute atomic E-state index is 13.2. The molecule has 0 atom stereocenters. The number of carbonyl (C=O) groups is 1. The molecule has 35 heavy (non-hydrogen) atoms. The summed E-state index contributed by atoms with van der Waals surface area (Å²) in [6, 6.07) is 11.0. The Bertz CT molecular complexity index is 1640. The summed E-state index contributed by atoms with van der Waals surface area (Å²) in [5.41, 5.74) is 1.27. The Hall–Kier alpha value is -4.28. The lowest BCUT2D eigenvalue weighted by atomic mass is 10.2. The van der Waals surface area contributed by atoms with Gasteiger partial charge in [-0.05, 0) is 43.3 Å². The van der Waals surface area contributed by atoms with Crippen LogP contribution in [0.4, 0.5) is 0 Å². The van der Waals surface area contributed by atoms with Gasteiger partial charge in [0.2, 0.25) is 16.0 Å². The Morgan fingerprint density at radius 3 is 2.51 bits per heavy atom. The highest BCUT2D eigenvalue weighted by Crippen LogP contribution is 2.20. The smallest absolute Gasteiger partial charge is 0.276 e. The Morgan fingerprint density at radius 1 is 1.11 bits per heavy atom. The van der Waals surface area contributed by atoms with Crippen molar-refractivity contribution in [3.63, 3.8) is 0 Å². The van der Waals surface area contributed by atoms with Gasteiger partial charge in [0.05, 0.1) is 34.0 Å². The molecule has 0 radical (unpaired) electrons. The third-order valence-corrected chi connectivity index (χ3v) is 7.89. The number of H-pyrrole nitrogens is 1. The van der Waals surface area contributed by atoms with Crippen LogP contribution in [0.3, 0.4) is 0 Å². The number of nitriles is 1. The number of nitrogens with zero attached hydrogens (tertiary/aromatic N) is 7. The molecule has 1 saturated heterocycles. The minimum atomic E-state index is -3.73. The van der Waals surface area contributed by atoms with Crippen LogP contribution >= 0.6 is 0 Å². The molecule has 4 heterocycles. The third-order valence-electron chi connectivity index (χ3n) is 5.98. The number of aromatic nitrogens is 5. The van der Waals surface area contributed by atoms with Gasteiger partial charge in [-0.1, -0.05) is 0 Å². The molecule has 1 aliphatic rings. The number of carbonyl (C=O) groups excluding carboxylic acids is 1. The first kappa shape index (κ1) is 22.5. The van der Waals surface area contributed by atoms with E-state index in [-0.39, 0.29) is 48.5 Å². The molecule has 3 aromatic heterocycles. The second kappa shape index (κ2) is 8.49. The molecular weight excluding hydrogens is 472 g/mol. The number of sulfonamides is 1. The minimum absolute atomic E-state index is 0.106. The summed E-state index contributed by atoms with van der Waals surface area (Å²) in [7, 11) is -3.73. The van der Waals surface area contributed by atoms with E-state index in [9.17, 15) is 18.0 Å². The highest BCUT2D eigenvalue weighted by Gasteiger charge is 2.31. The lowest BCUT2D eigenvalue weighted by Gasteiger charge is -2.34. The summed E-state index contributed by atoms with van der Waals surface area (Å²) < 4.78 is 30.0. The molecule has 1 fully saturated rings. The SMILES string of the molecule is Cc1c(C(=O)N2CCN(S(=O)(=O)c3ccc(C#N)cc3)CC2)cnn1-c1nn2cccc2c(=O)[nH]1. The topological polar surface area (TPSA) is 149 Å². The quantitative estimate of drug-likeness (QED) is 0.437. The van der Waals surface area contributed by atoms with Crippen LogP contribution < -0.4 is 5.56 Å². The molecule has 1 amide bonds. The first-order valence-corrected chi connectivity index (χ1v) is 12.2. The highest BCUT2D eigenvalue weighted by molar-refractivity contribution is 7.89. The normalized spacial score (nSPS) is 14.8. The van der Waals surface area contributed by atoms with Crippen LogP contribution in [0.15, 0.2) is 58.5 Å². The fourth-order valence-electron chi connectivity index (χ4n) is 4.01. The number of piperazine rings is 1. The maximum atomic E-state index is 13.2. The van der Waals surface area contributed by atoms with Crippen LogP contribution in [0.5, 0.6) is 0 Å². The van der Waals surface area contributed by atoms with Gasteiger partial charge < -0.3 is 4.90 Å². The Morgan fingerprint density at radius 2 is 1.83 bits per heavy atom. The van der Waals surface area contributed by atoms with E-state index in [1.54, 1.807) is 30.2 Å². The van der Waals surface area contributed by atoms with Crippen LogP contribution in [-0.2, 0) is 10.0 Å². The molecule has 1 N–H and O–H groups in total. The van der Waals surface area contributed by atoms with Crippen molar-refractivity contribution in [3.8, 4) is 12.0 Å². The van der Waals surface area contributed by atoms with Crippen molar-refractivity contribution in [1.82, 2.24) is 33.6 Å². The van der Waals surface area contributed by atoms with Crippen molar-refractivity contribution < 1.29 is 13.2 Å². The number of rotatable bonds is 4. The second-order valence-electron chi connectivity index (χ2n) is 8.00. The van der Waals surface area contributed by atoms with E-state index in [0.717, 1.165) is 0 Å². The second-order valence-corrected chi connectivity index (χ2v) is 9.94. The van der Waals surface area contributed by atoms with E-state index in [0.29, 0.717) is 22.3 Å². The zero-order valence-corrected chi connectivity index (χ0v) is 19.4. The fourth-order valence-corrected chi connectivity index (χ4v) is 5.43. The maximum Gasteiger partial charge on any atom is 0.276 e. The molecule has 0 spiro atoms. The first-order chi connectivity index (χ1) is 16.8. The van der Waals surface area contributed by atoms with E-state index in [1.807, 2.05) is 6.07 Å². The largest absolute Gasteiger partial charge is 0.336 e. The molecule has 178 valence electrons. The lowest BCUT2D eigenvalue weighted by Crippen LogP contribution is -2.50. The van der Waals surface area contributed by atoms with E-state index >= 15 is 0 Å². The summed E-state index contributed by atoms with van der Waals surface area (Å²) in [4.78, 5) is 29.8. The standard InChI is InChI=1S/C22H20N8O4S/c1-15-18(14-24-30(15)22-25-20(31)19-3-2-8-29(19)26-22)21(32)27-9-11-28(12-10-27)35(33,34)17-6-4-16(13-23)5-7-17/h2-8,14H,9-12H2,1H3,(H,25,26,31). The third kappa shape index (κ3) is 3.88. The minimum Gasteiger partial charge on any atom is -0.336 e. The van der Waals surface area contributed by atoms with Gasteiger partial charge in [-0.3, -0.25) is 14.6 Å². The Balaban J connectivity index is 1.32. The predicted molar refractivity (Wildman–Crippen MR) is 123 cm³/mol. The Kier molecular flexibility index (Phi) is 5.46. The van der Waals surface area contributed by atoms with Crippen LogP contribution in [0.1, 0.15) is 21.6 Å². The van der Waals surface area contributed by atoms with Gasteiger partial charge in [0.15, 0.2) is 0 Å². The van der Waals surface area contributed by atoms with Gasteiger partial charge in [-0.2, -0.15) is 14.7 Å². The van der Waals surface area contributed by atoms with Gasteiger partial charge in [0, 0.05) is 32.4 Å². The summed E-state index contributed by atoms with van der Waals surface area (Å²) in [6.45, 7) is 2.40. The molecule has 0 bridgehead atoms. The zero-order chi connectivity index (χ0) is 24.7. The lowest BCUT2D eigenvalue weighted by molar-refractivity contribution is 0.0697. The summed E-state index contributed by atoms with van der Waals surface area (Å²) >= 11 is 0. The monoisotopic (exact) mass is 492 g/mol. The highest BCUT2D eigenvalue weighted by atomic mass is 32.2. The van der Waals surface area contributed by atoms with Crippen molar-refractivity contribution in [2.24, 2.45) is 0 Å². The number of aromatic amines is 1. The number of fused-ring (bicyclic) bond motifs is 1. The van der Waals surface area contributed by atoms with E-state index in [1.165, 1.54) is 44.0 Å². The van der Waals surface area contributed by atoms with Crippen LogP contribution in [0.25, 0.3) is 11.5 Å². The average Bonchev–Trinajstić information content (AvgIpc) is 3.50. The molecule has 12 nitrogen and oxygen atoms in total. The average molecular weight is 493 g/mol. The molecule has 13 heteroatoms. The summed E-state index contributed by atoms with van der Waals surface area (Å²) in [5, 5.41) is 17.5. The van der Waals surface area contributed by atoms with Gasteiger partial charge in [-0.25, -0.2) is 17.6 Å². The van der Waals surface area contributed by atoms with Gasteiger partial charge in [0.1, 0.15) is 5.52 Å². The molecule has 1 aliphatic heterocycles. The van der Waals surface area contributed by atoms with Crippen molar-refractivity contribution >= 4 is 21.4 Å². The number of hydrogen-bond donors (Lipinski definition) is 1. The number of benzene rings is 1. The van der Waals surface area contributed by atoms with Gasteiger partial charge in [0.25, 0.3) is 11.5 Å². The number of amides is 1. The van der Waals surface area contributed by atoms with Crippen LogP contribution in [0, 0.1) is 18.3 Å².